The van der Waals surface area contributed by atoms with Gasteiger partial charge in [-0.1, -0.05) is 18.0 Å². The molecule has 4 rings (SSSR count). The highest BCUT2D eigenvalue weighted by molar-refractivity contribution is 7.92. The molecule has 3 aromatic rings. The summed E-state index contributed by atoms with van der Waals surface area (Å²) in [7, 11) is -4.31. The van der Waals surface area contributed by atoms with Crippen LogP contribution in [0.25, 0.3) is 0 Å². The molecule has 2 heterocycles. The van der Waals surface area contributed by atoms with Gasteiger partial charge in [-0.15, -0.1) is 0 Å². The first-order chi connectivity index (χ1) is 16.1. The average Bonchev–Trinajstić information content (AvgIpc) is 3.27. The minimum absolute atomic E-state index is 0.0261. The van der Waals surface area contributed by atoms with Gasteiger partial charge in [0.05, 0.1) is 5.02 Å². The lowest BCUT2D eigenvalue weighted by molar-refractivity contribution is 0.126. The van der Waals surface area contributed by atoms with Crippen molar-refractivity contribution in [2.45, 2.75) is 42.6 Å². The van der Waals surface area contributed by atoms with Crippen molar-refractivity contribution in [3.63, 3.8) is 0 Å². The van der Waals surface area contributed by atoms with E-state index in [1.54, 1.807) is 6.07 Å². The van der Waals surface area contributed by atoms with Gasteiger partial charge in [-0.3, -0.25) is 9.40 Å². The van der Waals surface area contributed by atoms with Crippen LogP contribution in [-0.2, 0) is 17.0 Å². The molecular formula is C20H21ClFN5O3S. The number of nitrogens with zero attached hydrogens (tertiary/aromatic N) is 4. The molecule has 1 aliphatic rings. The van der Waals surface area contributed by atoms with Crippen molar-refractivity contribution in [1.29, 1.82) is 0 Å². The van der Waals surface area contributed by atoms with Crippen LogP contribution >= 0.6 is 11.6 Å². The lowest BCUT2D eigenvalue weighted by Crippen LogP contribution is -2.30. The van der Waals surface area contributed by atoms with E-state index in [0.717, 1.165) is 36.0 Å². The molecule has 1 N–H and O–H groups in total. The number of aromatic nitrogens is 4. The summed E-state index contributed by atoms with van der Waals surface area (Å²) in [5.41, 5.74) is 0.495. The van der Waals surface area contributed by atoms with Crippen LogP contribution in [0.5, 0.6) is 5.75 Å². The summed E-state index contributed by atoms with van der Waals surface area (Å²) in [6.45, 7) is -2.45. The molecule has 1 aliphatic carbocycles. The molecule has 0 radical (unpaired) electrons. The van der Waals surface area contributed by atoms with Gasteiger partial charge in [0.25, 0.3) is 10.0 Å². The van der Waals surface area contributed by atoms with Gasteiger partial charge < -0.3 is 4.74 Å². The van der Waals surface area contributed by atoms with E-state index in [4.69, 9.17) is 20.5 Å². The summed E-state index contributed by atoms with van der Waals surface area (Å²) >= 11 is 6.29. The highest BCUT2D eigenvalue weighted by Crippen LogP contribution is 2.38. The van der Waals surface area contributed by atoms with E-state index in [1.165, 1.54) is 18.5 Å². The zero-order chi connectivity index (χ0) is 24.5. The zero-order valence-corrected chi connectivity index (χ0v) is 17.8. The molecule has 0 spiro atoms. The number of hydrogen-bond donors (Lipinski definition) is 1. The number of nitrogens with one attached hydrogen (secondary N) is 1. The summed E-state index contributed by atoms with van der Waals surface area (Å²) in [5, 5.41) is 3.84. The highest BCUT2D eigenvalue weighted by Gasteiger charge is 2.31. The Labute approximate surface area is 188 Å². The van der Waals surface area contributed by atoms with Gasteiger partial charge in [-0.25, -0.2) is 22.8 Å². The van der Waals surface area contributed by atoms with Crippen LogP contribution in [-0.4, -0.2) is 34.3 Å². The fraction of sp³-hybridized carbons (Fsp3) is 0.350. The van der Waals surface area contributed by atoms with Crippen LogP contribution in [0.1, 0.15) is 41.4 Å². The Balaban J connectivity index is 1.60. The third-order valence-corrected chi connectivity index (χ3v) is 6.79. The van der Waals surface area contributed by atoms with Gasteiger partial charge in [0.1, 0.15) is 34.7 Å². The Kier molecular flexibility index (Phi) is 5.08. The first-order valence-corrected chi connectivity index (χ1v) is 11.4. The lowest BCUT2D eigenvalue weighted by atomic mass is 9.84. The lowest BCUT2D eigenvalue weighted by Gasteiger charge is -2.32. The van der Waals surface area contributed by atoms with Gasteiger partial charge in [0, 0.05) is 41.2 Å². The fourth-order valence-electron chi connectivity index (χ4n) is 3.68. The van der Waals surface area contributed by atoms with Crippen LogP contribution in [0.15, 0.2) is 47.9 Å². The molecule has 8 nitrogen and oxygen atoms in total. The summed E-state index contributed by atoms with van der Waals surface area (Å²) in [6, 6.07) is 4.85. The number of hydrogen-bond acceptors (Lipinski definition) is 6. The maximum atomic E-state index is 14.9. The maximum Gasteiger partial charge on any atom is 0.266 e. The van der Waals surface area contributed by atoms with Gasteiger partial charge in [0.15, 0.2) is 0 Å². The number of halogens is 2. The highest BCUT2D eigenvalue weighted by atomic mass is 35.5. The Bertz CT molecular complexity index is 1270. The Hall–Kier alpha value is -2.72. The first kappa shape index (κ1) is 17.9. The van der Waals surface area contributed by atoms with Crippen LogP contribution in [0.3, 0.4) is 0 Å². The largest absolute Gasteiger partial charge is 0.488 e. The van der Waals surface area contributed by atoms with Crippen molar-refractivity contribution in [3.8, 4) is 5.75 Å². The van der Waals surface area contributed by atoms with Crippen LogP contribution in [0.4, 0.5) is 10.2 Å². The topological polar surface area (TPSA) is 99.0 Å². The van der Waals surface area contributed by atoms with Crippen molar-refractivity contribution in [2.75, 3.05) is 4.72 Å². The standard InChI is InChI=1S/C20H21ClFN5O3S/c1-27-16(6-9-25-27)13-4-2-3-5-17(13)30-18-11-15(22)19(10-14(18)21)31(28,29)26-20-7-8-23-12-24-20/h6-13,17H,2-5H2,1H3,(H,23,24,26)/t13-,17+/m1/s1/i1+1D3. The predicted molar refractivity (Wildman–Crippen MR) is 113 cm³/mol. The Morgan fingerprint density at radius 3 is 2.90 bits per heavy atom. The molecule has 1 saturated carbocycles. The molecule has 1 fully saturated rings. The summed E-state index contributed by atoms with van der Waals surface area (Å²) in [4.78, 5) is 6.80. The molecule has 11 heteroatoms. The summed E-state index contributed by atoms with van der Waals surface area (Å²) in [6.07, 6.45) is 6.35. The minimum atomic E-state index is -4.31. The van der Waals surface area contributed by atoms with E-state index in [2.05, 4.69) is 19.8 Å². The molecule has 0 amide bonds. The van der Waals surface area contributed by atoms with Gasteiger partial charge in [-0.05, 0) is 37.5 Å². The SMILES string of the molecule is [2H][13C]([2H])([2H])n1nccc1[C@H]1CCCC[C@@H]1Oc1cc(F)c(S(=O)(=O)Nc2ccncn2)cc1Cl. The van der Waals surface area contributed by atoms with Gasteiger partial charge >= 0.3 is 0 Å². The maximum absolute atomic E-state index is 14.9. The first-order valence-electron chi connectivity index (χ1n) is 11.1. The smallest absolute Gasteiger partial charge is 0.266 e. The quantitative estimate of drug-likeness (QED) is 0.549. The van der Waals surface area contributed by atoms with Gasteiger partial charge in [0.2, 0.25) is 0 Å². The van der Waals surface area contributed by atoms with Crippen molar-refractivity contribution < 1.29 is 21.7 Å². The summed E-state index contributed by atoms with van der Waals surface area (Å²) in [5.74, 6) is -1.42. The van der Waals surface area contributed by atoms with E-state index in [9.17, 15) is 12.8 Å². The third-order valence-electron chi connectivity index (χ3n) is 5.13. The number of anilines is 1. The predicted octanol–water partition coefficient (Wildman–Crippen LogP) is 3.91. The second-order valence-electron chi connectivity index (χ2n) is 7.13. The molecule has 164 valence electrons. The minimum Gasteiger partial charge on any atom is -0.488 e. The van der Waals surface area contributed by atoms with E-state index >= 15 is 0 Å². The number of rotatable bonds is 6. The van der Waals surface area contributed by atoms with E-state index in [-0.39, 0.29) is 22.5 Å². The van der Waals surface area contributed by atoms with Crippen molar-refractivity contribution >= 4 is 27.4 Å². The molecule has 0 saturated heterocycles. The van der Waals surface area contributed by atoms with E-state index in [1.807, 2.05) is 0 Å². The second-order valence-corrected chi connectivity index (χ2v) is 9.19. The fourth-order valence-corrected chi connectivity index (χ4v) is 5.05. The Morgan fingerprint density at radius 1 is 1.29 bits per heavy atom. The van der Waals surface area contributed by atoms with Crippen molar-refractivity contribution in [2.24, 2.45) is 6.98 Å². The Morgan fingerprint density at radius 2 is 2.13 bits per heavy atom. The zero-order valence-electron chi connectivity index (χ0n) is 19.2. The molecular weight excluding hydrogens is 446 g/mol. The molecule has 1 aromatic carbocycles. The summed E-state index contributed by atoms with van der Waals surface area (Å²) < 4.78 is 72.5. The van der Waals surface area contributed by atoms with Crippen LogP contribution in [0.2, 0.25) is 5.02 Å². The van der Waals surface area contributed by atoms with Crippen LogP contribution < -0.4 is 9.46 Å². The van der Waals surface area contributed by atoms with Gasteiger partial charge in [-0.2, -0.15) is 5.10 Å². The number of ether oxygens (including phenoxy) is 1. The van der Waals surface area contributed by atoms with Crippen LogP contribution in [0, 0.1) is 5.82 Å². The van der Waals surface area contributed by atoms with Crippen molar-refractivity contribution in [1.82, 2.24) is 19.7 Å². The second kappa shape index (κ2) is 8.80. The third kappa shape index (κ3) is 4.64. The molecule has 31 heavy (non-hydrogen) atoms. The molecule has 0 aliphatic heterocycles. The number of benzene rings is 1. The van der Waals surface area contributed by atoms with E-state index in [0.29, 0.717) is 18.5 Å². The molecule has 0 bridgehead atoms. The normalized spacial score (nSPS) is 21.0. The monoisotopic (exact) mass is 469 g/mol. The van der Waals surface area contributed by atoms with E-state index < -0.39 is 33.8 Å². The molecule has 0 unspecified atom stereocenters. The number of sulfonamides is 1. The molecule has 2 atom stereocenters. The van der Waals surface area contributed by atoms with Crippen molar-refractivity contribution in [3.05, 3.63) is 59.5 Å². The average molecular weight is 470 g/mol. The molecule has 2 aromatic heterocycles. The number of aryl methyl sites for hydroxylation is 1.